The van der Waals surface area contributed by atoms with Crippen LogP contribution in [0.1, 0.15) is 34.0 Å². The van der Waals surface area contributed by atoms with Gasteiger partial charge in [0.1, 0.15) is 0 Å². The molecule has 142 valence electrons. The molecule has 2 heterocycles. The molecule has 0 atom stereocenters. The van der Waals surface area contributed by atoms with Crippen LogP contribution in [0.15, 0.2) is 72.8 Å². The summed E-state index contributed by atoms with van der Waals surface area (Å²) in [6.07, 6.45) is 0.288. The number of nitrogens with zero attached hydrogens (tertiary/aromatic N) is 3. The molecule has 0 spiro atoms. The predicted molar refractivity (Wildman–Crippen MR) is 115 cm³/mol. The zero-order chi connectivity index (χ0) is 19.1. The average Bonchev–Trinajstić information content (AvgIpc) is 2.95. The van der Waals surface area contributed by atoms with E-state index >= 15 is 0 Å². The predicted octanol–water partition coefficient (Wildman–Crippen LogP) is 4.78. The SMILES string of the molecule is CN(C)c1ccc(C2N3Cc4ccccc4CN2Cc2ccccc2C3)cc1. The molecule has 0 N–H and O–H groups in total. The summed E-state index contributed by atoms with van der Waals surface area (Å²) < 4.78 is 0. The molecule has 0 saturated heterocycles. The van der Waals surface area contributed by atoms with E-state index in [0.717, 1.165) is 26.2 Å². The molecule has 28 heavy (non-hydrogen) atoms. The van der Waals surface area contributed by atoms with Gasteiger partial charge in [-0.2, -0.15) is 0 Å². The van der Waals surface area contributed by atoms with E-state index in [1.54, 1.807) is 0 Å². The van der Waals surface area contributed by atoms with Crippen molar-refractivity contribution in [1.82, 2.24) is 9.80 Å². The van der Waals surface area contributed by atoms with Crippen LogP contribution in [0.2, 0.25) is 0 Å². The van der Waals surface area contributed by atoms with Gasteiger partial charge < -0.3 is 4.90 Å². The molecular formula is C25H27N3. The lowest BCUT2D eigenvalue weighted by molar-refractivity contribution is 0.0344. The van der Waals surface area contributed by atoms with E-state index in [1.165, 1.54) is 33.5 Å². The summed E-state index contributed by atoms with van der Waals surface area (Å²) in [7, 11) is 4.20. The van der Waals surface area contributed by atoms with E-state index < -0.39 is 0 Å². The highest BCUT2D eigenvalue weighted by molar-refractivity contribution is 5.47. The van der Waals surface area contributed by atoms with Crippen molar-refractivity contribution in [1.29, 1.82) is 0 Å². The summed E-state index contributed by atoms with van der Waals surface area (Å²) in [5, 5.41) is 0. The molecule has 2 bridgehead atoms. The van der Waals surface area contributed by atoms with E-state index in [0.29, 0.717) is 0 Å². The van der Waals surface area contributed by atoms with Gasteiger partial charge in [0.15, 0.2) is 0 Å². The molecule has 0 unspecified atom stereocenters. The van der Waals surface area contributed by atoms with Crippen molar-refractivity contribution in [2.75, 3.05) is 19.0 Å². The Kier molecular flexibility index (Phi) is 4.42. The van der Waals surface area contributed by atoms with Crippen LogP contribution in [0.5, 0.6) is 0 Å². The Bertz CT molecular complexity index is 872. The van der Waals surface area contributed by atoms with Crippen LogP contribution < -0.4 is 4.90 Å². The summed E-state index contributed by atoms with van der Waals surface area (Å²) in [6.45, 7) is 3.95. The molecule has 3 aromatic rings. The Morgan fingerprint density at radius 3 is 1.36 bits per heavy atom. The van der Waals surface area contributed by atoms with Crippen LogP contribution in [0, 0.1) is 0 Å². The third-order valence-electron chi connectivity index (χ3n) is 6.13. The van der Waals surface area contributed by atoms with E-state index in [4.69, 9.17) is 0 Å². The van der Waals surface area contributed by atoms with Gasteiger partial charge in [0.05, 0.1) is 6.17 Å². The summed E-state index contributed by atoms with van der Waals surface area (Å²) in [5.74, 6) is 0. The molecule has 0 saturated carbocycles. The van der Waals surface area contributed by atoms with Crippen molar-refractivity contribution >= 4 is 5.69 Å². The molecule has 3 heteroatoms. The highest BCUT2D eigenvalue weighted by Crippen LogP contribution is 2.38. The van der Waals surface area contributed by atoms with Gasteiger partial charge in [-0.05, 0) is 39.9 Å². The number of fused-ring (bicyclic) bond motifs is 4. The first kappa shape index (κ1) is 17.5. The van der Waals surface area contributed by atoms with Crippen LogP contribution in [0.3, 0.4) is 0 Å². The van der Waals surface area contributed by atoms with Crippen molar-refractivity contribution < 1.29 is 0 Å². The van der Waals surface area contributed by atoms with Crippen LogP contribution in [0.25, 0.3) is 0 Å². The van der Waals surface area contributed by atoms with Crippen molar-refractivity contribution in [2.24, 2.45) is 0 Å². The van der Waals surface area contributed by atoms with Crippen molar-refractivity contribution in [3.63, 3.8) is 0 Å². The summed E-state index contributed by atoms with van der Waals surface area (Å²) >= 11 is 0. The molecule has 0 amide bonds. The highest BCUT2D eigenvalue weighted by Gasteiger charge is 2.34. The van der Waals surface area contributed by atoms with Crippen LogP contribution in [-0.4, -0.2) is 23.9 Å². The van der Waals surface area contributed by atoms with E-state index in [1.807, 2.05) is 0 Å². The lowest BCUT2D eigenvalue weighted by Gasteiger charge is -2.36. The monoisotopic (exact) mass is 369 g/mol. The lowest BCUT2D eigenvalue weighted by Crippen LogP contribution is -2.36. The first-order valence-electron chi connectivity index (χ1n) is 10.1. The van der Waals surface area contributed by atoms with Gasteiger partial charge in [0, 0.05) is 46.0 Å². The van der Waals surface area contributed by atoms with Gasteiger partial charge >= 0.3 is 0 Å². The Labute approximate surface area is 167 Å². The van der Waals surface area contributed by atoms with Crippen LogP contribution in [0.4, 0.5) is 5.69 Å². The van der Waals surface area contributed by atoms with Crippen LogP contribution >= 0.6 is 0 Å². The smallest absolute Gasteiger partial charge is 0.0897 e. The number of rotatable bonds is 2. The fourth-order valence-corrected chi connectivity index (χ4v) is 4.66. The molecule has 0 fully saturated rings. The molecule has 2 aliphatic heterocycles. The maximum absolute atomic E-state index is 2.64. The lowest BCUT2D eigenvalue weighted by atomic mass is 10.0. The number of benzene rings is 3. The Morgan fingerprint density at radius 1 is 0.607 bits per heavy atom. The van der Waals surface area contributed by atoms with Gasteiger partial charge in [-0.1, -0.05) is 60.7 Å². The van der Waals surface area contributed by atoms with Gasteiger partial charge in [-0.15, -0.1) is 0 Å². The fraction of sp³-hybridized carbons (Fsp3) is 0.280. The van der Waals surface area contributed by atoms with Crippen molar-refractivity contribution in [3.05, 3.63) is 101 Å². The van der Waals surface area contributed by atoms with Gasteiger partial charge in [0.2, 0.25) is 0 Å². The summed E-state index contributed by atoms with van der Waals surface area (Å²) in [6, 6.07) is 27.0. The Hall–Kier alpha value is -2.62. The second-order valence-electron chi connectivity index (χ2n) is 8.21. The molecule has 0 aliphatic carbocycles. The second kappa shape index (κ2) is 7.08. The normalized spacial score (nSPS) is 23.1. The first-order valence-corrected chi connectivity index (χ1v) is 10.1. The number of anilines is 1. The largest absolute Gasteiger partial charge is 0.378 e. The molecule has 0 aromatic heterocycles. The molecular weight excluding hydrogens is 342 g/mol. The molecule has 0 radical (unpaired) electrons. The minimum Gasteiger partial charge on any atom is -0.378 e. The summed E-state index contributed by atoms with van der Waals surface area (Å²) in [4.78, 5) is 7.45. The quantitative estimate of drug-likeness (QED) is 0.643. The molecule has 3 nitrogen and oxygen atoms in total. The van der Waals surface area contributed by atoms with Crippen LogP contribution in [-0.2, 0) is 26.2 Å². The minimum absolute atomic E-state index is 0.288. The third-order valence-corrected chi connectivity index (χ3v) is 6.13. The van der Waals surface area contributed by atoms with Gasteiger partial charge in [0.25, 0.3) is 0 Å². The second-order valence-corrected chi connectivity index (χ2v) is 8.21. The maximum Gasteiger partial charge on any atom is 0.0897 e. The third kappa shape index (κ3) is 3.11. The van der Waals surface area contributed by atoms with E-state index in [9.17, 15) is 0 Å². The Morgan fingerprint density at radius 2 is 1.00 bits per heavy atom. The van der Waals surface area contributed by atoms with Crippen molar-refractivity contribution in [3.8, 4) is 0 Å². The van der Waals surface area contributed by atoms with Crippen molar-refractivity contribution in [2.45, 2.75) is 32.3 Å². The standard InChI is InChI=1S/C25H27N3/c1-26(2)24-13-11-19(12-14-24)25-27-15-20-7-3-4-8-21(20)16-28(25)18-23-10-6-5-9-22(23)17-27/h3-14,25H,15-18H2,1-2H3. The zero-order valence-electron chi connectivity index (χ0n) is 16.7. The zero-order valence-corrected chi connectivity index (χ0v) is 16.7. The topological polar surface area (TPSA) is 9.72 Å². The Balaban J connectivity index is 1.60. The number of hydrogen-bond donors (Lipinski definition) is 0. The van der Waals surface area contributed by atoms with E-state index in [2.05, 4.69) is 102 Å². The summed E-state index contributed by atoms with van der Waals surface area (Å²) in [5.41, 5.74) is 8.46. The number of hydrogen-bond acceptors (Lipinski definition) is 3. The average molecular weight is 370 g/mol. The fourth-order valence-electron chi connectivity index (χ4n) is 4.66. The highest BCUT2D eigenvalue weighted by atomic mass is 15.4. The van der Waals surface area contributed by atoms with Gasteiger partial charge in [-0.3, -0.25) is 9.80 Å². The van der Waals surface area contributed by atoms with Gasteiger partial charge in [-0.25, -0.2) is 0 Å². The van der Waals surface area contributed by atoms with E-state index in [-0.39, 0.29) is 6.17 Å². The molecule has 3 aromatic carbocycles. The molecule has 5 rings (SSSR count). The maximum atomic E-state index is 2.64. The minimum atomic E-state index is 0.288. The first-order chi connectivity index (χ1) is 13.7. The molecule has 2 aliphatic rings.